The first-order chi connectivity index (χ1) is 7.69. The maximum absolute atomic E-state index is 4.62. The highest BCUT2D eigenvalue weighted by atomic mass is 15.2. The highest BCUT2D eigenvalue weighted by Crippen LogP contribution is 2.17. The minimum absolute atomic E-state index is 0.490. The first-order valence-electron chi connectivity index (χ1n) is 6.16. The molecule has 1 aromatic rings. The standard InChI is InChI=1S/C13H23N3/c1-5-10-16(11(3)4)13-9-7-8-12(15-13)14-6-2/h7-9,11H,5-6,10H2,1-4H3,(H,14,15). The first-order valence-corrected chi connectivity index (χ1v) is 6.16. The molecular formula is C13H23N3. The van der Waals surface area contributed by atoms with Crippen molar-refractivity contribution < 1.29 is 0 Å². The van der Waals surface area contributed by atoms with Gasteiger partial charge in [-0.05, 0) is 39.3 Å². The smallest absolute Gasteiger partial charge is 0.131 e. The Bertz CT molecular complexity index is 310. The van der Waals surface area contributed by atoms with E-state index >= 15 is 0 Å². The molecule has 0 aromatic carbocycles. The van der Waals surface area contributed by atoms with Gasteiger partial charge < -0.3 is 10.2 Å². The average molecular weight is 221 g/mol. The van der Waals surface area contributed by atoms with Crippen LogP contribution in [0.4, 0.5) is 11.6 Å². The number of rotatable bonds is 6. The molecule has 0 spiro atoms. The molecule has 16 heavy (non-hydrogen) atoms. The van der Waals surface area contributed by atoms with E-state index in [0.29, 0.717) is 6.04 Å². The highest BCUT2D eigenvalue weighted by molar-refractivity contribution is 5.47. The maximum Gasteiger partial charge on any atom is 0.131 e. The Morgan fingerprint density at radius 3 is 2.62 bits per heavy atom. The Hall–Kier alpha value is -1.25. The van der Waals surface area contributed by atoms with Crippen molar-refractivity contribution in [3.05, 3.63) is 18.2 Å². The summed E-state index contributed by atoms with van der Waals surface area (Å²) in [7, 11) is 0. The Morgan fingerprint density at radius 2 is 2.06 bits per heavy atom. The fraction of sp³-hybridized carbons (Fsp3) is 0.615. The molecule has 0 aliphatic heterocycles. The SMILES string of the molecule is CCCN(c1cccc(NCC)n1)C(C)C. The summed E-state index contributed by atoms with van der Waals surface area (Å²) in [4.78, 5) is 6.95. The van der Waals surface area contributed by atoms with Crippen LogP contribution in [0, 0.1) is 0 Å². The molecule has 0 aliphatic rings. The van der Waals surface area contributed by atoms with Crippen molar-refractivity contribution in [2.75, 3.05) is 23.3 Å². The van der Waals surface area contributed by atoms with Crippen LogP contribution in [-0.2, 0) is 0 Å². The number of hydrogen-bond donors (Lipinski definition) is 1. The summed E-state index contributed by atoms with van der Waals surface area (Å²) in [5, 5.41) is 3.25. The van der Waals surface area contributed by atoms with Gasteiger partial charge in [0.25, 0.3) is 0 Å². The molecule has 0 aliphatic carbocycles. The Morgan fingerprint density at radius 1 is 1.31 bits per heavy atom. The van der Waals surface area contributed by atoms with E-state index in [1.54, 1.807) is 0 Å². The number of anilines is 2. The minimum Gasteiger partial charge on any atom is -0.370 e. The quantitative estimate of drug-likeness (QED) is 0.800. The number of pyridine rings is 1. The van der Waals surface area contributed by atoms with Crippen LogP contribution in [-0.4, -0.2) is 24.1 Å². The van der Waals surface area contributed by atoms with E-state index in [-0.39, 0.29) is 0 Å². The lowest BCUT2D eigenvalue weighted by atomic mass is 10.2. The lowest BCUT2D eigenvalue weighted by molar-refractivity contribution is 0.662. The van der Waals surface area contributed by atoms with Crippen molar-refractivity contribution in [2.24, 2.45) is 0 Å². The van der Waals surface area contributed by atoms with Gasteiger partial charge in [-0.3, -0.25) is 0 Å². The molecule has 0 radical (unpaired) electrons. The normalized spacial score (nSPS) is 10.6. The van der Waals surface area contributed by atoms with Gasteiger partial charge in [0, 0.05) is 19.1 Å². The minimum atomic E-state index is 0.490. The van der Waals surface area contributed by atoms with Crippen LogP contribution in [0.3, 0.4) is 0 Å². The molecule has 0 unspecified atom stereocenters. The summed E-state index contributed by atoms with van der Waals surface area (Å²) in [5.41, 5.74) is 0. The average Bonchev–Trinajstić information content (AvgIpc) is 2.26. The molecule has 0 fully saturated rings. The Labute approximate surface area is 98.9 Å². The van der Waals surface area contributed by atoms with Crippen LogP contribution < -0.4 is 10.2 Å². The third-order valence-corrected chi connectivity index (χ3v) is 2.47. The molecule has 0 bridgehead atoms. The van der Waals surface area contributed by atoms with E-state index in [4.69, 9.17) is 0 Å². The van der Waals surface area contributed by atoms with E-state index in [2.05, 4.69) is 55.0 Å². The van der Waals surface area contributed by atoms with Gasteiger partial charge in [0.2, 0.25) is 0 Å². The molecule has 3 heteroatoms. The molecule has 1 rings (SSSR count). The van der Waals surface area contributed by atoms with Crippen molar-refractivity contribution >= 4 is 11.6 Å². The molecular weight excluding hydrogens is 198 g/mol. The molecule has 0 saturated heterocycles. The molecule has 1 heterocycles. The number of hydrogen-bond acceptors (Lipinski definition) is 3. The second-order valence-corrected chi connectivity index (χ2v) is 4.20. The number of nitrogens with zero attached hydrogens (tertiary/aromatic N) is 2. The molecule has 90 valence electrons. The summed E-state index contributed by atoms with van der Waals surface area (Å²) >= 11 is 0. The Balaban J connectivity index is 2.86. The van der Waals surface area contributed by atoms with Crippen LogP contribution in [0.2, 0.25) is 0 Å². The predicted octanol–water partition coefficient (Wildman–Crippen LogP) is 3.14. The molecule has 1 aromatic heterocycles. The largest absolute Gasteiger partial charge is 0.370 e. The molecule has 0 amide bonds. The van der Waals surface area contributed by atoms with Crippen molar-refractivity contribution in [2.45, 2.75) is 40.2 Å². The van der Waals surface area contributed by atoms with Gasteiger partial charge in [0.05, 0.1) is 0 Å². The highest BCUT2D eigenvalue weighted by Gasteiger charge is 2.10. The molecule has 3 nitrogen and oxygen atoms in total. The maximum atomic E-state index is 4.62. The van der Waals surface area contributed by atoms with E-state index in [1.807, 2.05) is 6.07 Å². The van der Waals surface area contributed by atoms with Crippen molar-refractivity contribution in [3.63, 3.8) is 0 Å². The Kier molecular flexibility index (Phi) is 5.09. The van der Waals surface area contributed by atoms with Gasteiger partial charge in [-0.15, -0.1) is 0 Å². The second-order valence-electron chi connectivity index (χ2n) is 4.20. The van der Waals surface area contributed by atoms with E-state index < -0.39 is 0 Å². The third kappa shape index (κ3) is 3.40. The summed E-state index contributed by atoms with van der Waals surface area (Å²) in [5.74, 6) is 2.03. The van der Waals surface area contributed by atoms with Gasteiger partial charge >= 0.3 is 0 Å². The zero-order valence-corrected chi connectivity index (χ0v) is 10.8. The van der Waals surface area contributed by atoms with Gasteiger partial charge in [0.15, 0.2) is 0 Å². The monoisotopic (exact) mass is 221 g/mol. The van der Waals surface area contributed by atoms with E-state index in [0.717, 1.165) is 31.1 Å². The number of nitrogens with one attached hydrogen (secondary N) is 1. The van der Waals surface area contributed by atoms with Crippen LogP contribution in [0.5, 0.6) is 0 Å². The number of aromatic nitrogens is 1. The first kappa shape index (κ1) is 12.8. The van der Waals surface area contributed by atoms with Crippen LogP contribution in [0.1, 0.15) is 34.1 Å². The predicted molar refractivity (Wildman–Crippen MR) is 71.2 cm³/mol. The summed E-state index contributed by atoms with van der Waals surface area (Å²) in [6, 6.07) is 6.64. The topological polar surface area (TPSA) is 28.2 Å². The molecule has 0 saturated carbocycles. The van der Waals surface area contributed by atoms with Crippen molar-refractivity contribution in [1.29, 1.82) is 0 Å². The van der Waals surface area contributed by atoms with Gasteiger partial charge in [-0.2, -0.15) is 0 Å². The lowest BCUT2D eigenvalue weighted by Gasteiger charge is -2.27. The lowest BCUT2D eigenvalue weighted by Crippen LogP contribution is -2.32. The fourth-order valence-electron chi connectivity index (χ4n) is 1.74. The van der Waals surface area contributed by atoms with Crippen molar-refractivity contribution in [1.82, 2.24) is 4.98 Å². The third-order valence-electron chi connectivity index (χ3n) is 2.47. The van der Waals surface area contributed by atoms with Crippen LogP contribution in [0.25, 0.3) is 0 Å². The van der Waals surface area contributed by atoms with Crippen LogP contribution in [0.15, 0.2) is 18.2 Å². The molecule has 0 atom stereocenters. The zero-order valence-electron chi connectivity index (χ0n) is 10.8. The van der Waals surface area contributed by atoms with Crippen LogP contribution >= 0.6 is 0 Å². The van der Waals surface area contributed by atoms with Gasteiger partial charge in [-0.25, -0.2) is 4.98 Å². The molecule has 1 N–H and O–H groups in total. The summed E-state index contributed by atoms with van der Waals surface area (Å²) in [6.45, 7) is 10.7. The zero-order chi connectivity index (χ0) is 12.0. The fourth-order valence-corrected chi connectivity index (χ4v) is 1.74. The summed E-state index contributed by atoms with van der Waals surface area (Å²) < 4.78 is 0. The van der Waals surface area contributed by atoms with E-state index in [1.165, 1.54) is 0 Å². The van der Waals surface area contributed by atoms with Gasteiger partial charge in [0.1, 0.15) is 11.6 Å². The van der Waals surface area contributed by atoms with Gasteiger partial charge in [-0.1, -0.05) is 13.0 Å². The summed E-state index contributed by atoms with van der Waals surface area (Å²) in [6.07, 6.45) is 1.14. The second kappa shape index (κ2) is 6.36. The van der Waals surface area contributed by atoms with Crippen molar-refractivity contribution in [3.8, 4) is 0 Å². The van der Waals surface area contributed by atoms with E-state index in [9.17, 15) is 0 Å².